The Morgan fingerprint density at radius 3 is 0.866 bits per heavy atom. The molecule has 16 nitrogen and oxygen atoms in total. The van der Waals surface area contributed by atoms with E-state index in [1.807, 2.05) is 0 Å². The molecule has 5 atom stereocenters. The second kappa shape index (κ2) is 71.8. The molecule has 0 aromatic rings. The molecule has 0 spiro atoms. The number of aliphatic hydroxyl groups excluding tert-OH is 2. The van der Waals surface area contributed by atoms with Crippen molar-refractivity contribution in [3.05, 3.63) is 122 Å². The van der Waals surface area contributed by atoms with Crippen LogP contribution in [0.4, 0.5) is 0 Å². The molecule has 0 fully saturated rings. The lowest BCUT2D eigenvalue weighted by Gasteiger charge is -2.21. The molecule has 0 aromatic heterocycles. The number of phosphoric ester groups is 2. The van der Waals surface area contributed by atoms with Crippen molar-refractivity contribution in [1.29, 1.82) is 0 Å². The van der Waals surface area contributed by atoms with E-state index in [9.17, 15) is 43.5 Å². The summed E-state index contributed by atoms with van der Waals surface area (Å²) in [5.74, 6) is -1.61. The number of esters is 3. The number of allylic oxidation sites excluding steroid dienone is 20. The number of aliphatic hydroxyl groups is 2. The Kier molecular flexibility index (Phi) is 68.8. The lowest BCUT2D eigenvalue weighted by Crippen LogP contribution is -2.30. The van der Waals surface area contributed by atoms with Crippen molar-refractivity contribution in [3.8, 4) is 0 Å². The Labute approximate surface area is 589 Å². The molecule has 0 heterocycles. The van der Waals surface area contributed by atoms with E-state index >= 15 is 0 Å². The average Bonchev–Trinajstić information content (AvgIpc) is 1.63. The minimum Gasteiger partial charge on any atom is -0.463 e. The van der Waals surface area contributed by atoms with Crippen molar-refractivity contribution in [3.63, 3.8) is 0 Å². The van der Waals surface area contributed by atoms with Gasteiger partial charge in [0.25, 0.3) is 0 Å². The maximum atomic E-state index is 12.9. The number of hydrogen-bond donors (Lipinski definition) is 4. The van der Waals surface area contributed by atoms with Crippen LogP contribution in [0.1, 0.15) is 303 Å². The first-order valence-corrected chi connectivity index (χ1v) is 40.8. The van der Waals surface area contributed by atoms with E-state index < -0.39 is 91.5 Å². The summed E-state index contributed by atoms with van der Waals surface area (Å²) in [4.78, 5) is 58.5. The van der Waals surface area contributed by atoms with Gasteiger partial charge in [0.1, 0.15) is 25.4 Å². The Hall–Kier alpha value is -4.05. The third kappa shape index (κ3) is 73.0. The largest absolute Gasteiger partial charge is 0.472 e. The van der Waals surface area contributed by atoms with E-state index in [1.54, 1.807) is 0 Å². The van der Waals surface area contributed by atoms with Crippen molar-refractivity contribution in [1.82, 2.24) is 0 Å². The second-order valence-corrected chi connectivity index (χ2v) is 27.9. The van der Waals surface area contributed by atoms with Gasteiger partial charge >= 0.3 is 33.6 Å². The number of hydrogen-bond acceptors (Lipinski definition) is 14. The van der Waals surface area contributed by atoms with Crippen molar-refractivity contribution < 1.29 is 75.8 Å². The van der Waals surface area contributed by atoms with E-state index in [0.717, 1.165) is 161 Å². The van der Waals surface area contributed by atoms with E-state index in [0.29, 0.717) is 19.3 Å². The van der Waals surface area contributed by atoms with Gasteiger partial charge in [-0.05, 0) is 128 Å². The van der Waals surface area contributed by atoms with Gasteiger partial charge in [-0.2, -0.15) is 0 Å². The average molecular weight is 1400 g/mol. The SMILES string of the molecule is CC/C=C\C/C=C\C/C=C\CCCCCCCCCC(=O)OCC(COP(=O)(O)OCC(O)COP(=O)(O)OCC(O)COC(=O)CCCCCCCCCCCCCCC/C=C\C/C=C\C/C=C\C/C=C\CCCCC)OC(=O)CCCCCCC/C=C\C/C=C\C/C=C\CC. The summed E-state index contributed by atoms with van der Waals surface area (Å²) >= 11 is 0. The zero-order chi connectivity index (χ0) is 70.9. The molecule has 0 aliphatic rings. The van der Waals surface area contributed by atoms with Gasteiger partial charge in [0, 0.05) is 19.3 Å². The zero-order valence-corrected chi connectivity index (χ0v) is 62.5. The molecule has 0 bridgehead atoms. The minimum atomic E-state index is -4.94. The first-order chi connectivity index (χ1) is 47.2. The van der Waals surface area contributed by atoms with Crippen LogP contribution in [-0.4, -0.2) is 95.9 Å². The first kappa shape index (κ1) is 93.0. The summed E-state index contributed by atoms with van der Waals surface area (Å²) in [5.41, 5.74) is 0. The molecule has 0 aliphatic carbocycles. The molecule has 558 valence electrons. The Morgan fingerprint density at radius 2 is 0.546 bits per heavy atom. The predicted octanol–water partition coefficient (Wildman–Crippen LogP) is 21.8. The van der Waals surface area contributed by atoms with Gasteiger partial charge in [-0.25, -0.2) is 9.13 Å². The van der Waals surface area contributed by atoms with Gasteiger partial charge in [0.15, 0.2) is 6.10 Å². The molecule has 97 heavy (non-hydrogen) atoms. The molecule has 0 amide bonds. The number of carbonyl (C=O) groups excluding carboxylic acids is 3. The number of ether oxygens (including phenoxy) is 3. The van der Waals surface area contributed by atoms with Gasteiger partial charge in [0.05, 0.1) is 26.4 Å². The van der Waals surface area contributed by atoms with Crippen LogP contribution in [0.15, 0.2) is 122 Å². The highest BCUT2D eigenvalue weighted by atomic mass is 31.2. The topological polar surface area (TPSA) is 231 Å². The van der Waals surface area contributed by atoms with Crippen LogP contribution in [0.25, 0.3) is 0 Å². The predicted molar refractivity (Wildman–Crippen MR) is 399 cm³/mol. The van der Waals surface area contributed by atoms with Crippen LogP contribution in [0.2, 0.25) is 0 Å². The molecule has 0 radical (unpaired) electrons. The third-order valence-corrected chi connectivity index (χ3v) is 17.6. The number of phosphoric acid groups is 2. The Bertz CT molecular complexity index is 2250. The van der Waals surface area contributed by atoms with E-state index in [4.69, 9.17) is 32.3 Å². The van der Waals surface area contributed by atoms with Gasteiger partial charge in [-0.15, -0.1) is 0 Å². The van der Waals surface area contributed by atoms with Crippen LogP contribution in [-0.2, 0) is 55.8 Å². The van der Waals surface area contributed by atoms with E-state index in [-0.39, 0.29) is 19.3 Å². The van der Waals surface area contributed by atoms with Crippen LogP contribution in [0, 0.1) is 0 Å². The number of unbranched alkanes of at least 4 members (excludes halogenated alkanes) is 28. The van der Waals surface area contributed by atoms with Crippen LogP contribution in [0.5, 0.6) is 0 Å². The summed E-state index contributed by atoms with van der Waals surface area (Å²) in [6.07, 6.45) is 84.0. The van der Waals surface area contributed by atoms with E-state index in [1.165, 1.54) is 83.5 Å². The summed E-state index contributed by atoms with van der Waals surface area (Å²) in [7, 11) is -9.79. The molecular weight excluding hydrogens is 1270 g/mol. The van der Waals surface area contributed by atoms with Crippen molar-refractivity contribution >= 4 is 33.6 Å². The smallest absolute Gasteiger partial charge is 0.463 e. The van der Waals surface area contributed by atoms with Crippen molar-refractivity contribution in [2.24, 2.45) is 0 Å². The van der Waals surface area contributed by atoms with Crippen molar-refractivity contribution in [2.75, 3.05) is 39.6 Å². The molecular formula is C79H136O16P2. The zero-order valence-electron chi connectivity index (χ0n) is 60.7. The first-order valence-electron chi connectivity index (χ1n) is 37.8. The minimum absolute atomic E-state index is 0.0807. The Morgan fingerprint density at radius 1 is 0.299 bits per heavy atom. The van der Waals surface area contributed by atoms with Crippen LogP contribution in [0.3, 0.4) is 0 Å². The third-order valence-electron chi connectivity index (χ3n) is 15.7. The lowest BCUT2D eigenvalue weighted by atomic mass is 10.0. The summed E-state index contributed by atoms with van der Waals surface area (Å²) < 4.78 is 61.0. The maximum absolute atomic E-state index is 12.9. The summed E-state index contributed by atoms with van der Waals surface area (Å²) in [5, 5.41) is 20.6. The monoisotopic (exact) mass is 1400 g/mol. The molecule has 5 unspecified atom stereocenters. The standard InChI is InChI=1S/C79H136O16P2/c1-4-7-10-13-16-19-22-25-28-30-31-32-33-34-35-36-37-38-39-40-41-43-46-47-50-53-56-59-62-65-77(82)89-68-74(80)69-91-96(85,86)92-70-75(81)71-93-97(87,88)94-73-76(95-79(84)67-64-61-58-55-52-49-44-27-24-21-18-15-12-9-6-3)72-90-78(83)66-63-60-57-54-51-48-45-42-29-26-23-20-17-14-11-8-5-2/h8-9,11-12,16-21,25-29,31-32,34-35,44,74-76,80-81H,4-7,10,13-15,22-24,30,33,36-43,45-73H2,1-3H3,(H,85,86)(H,87,88)/b11-8-,12-9-,19-16-,20-17-,21-18-,28-25-,29-26-,32-31-,35-34-,44-27-. The fourth-order valence-electron chi connectivity index (χ4n) is 9.94. The van der Waals surface area contributed by atoms with Gasteiger partial charge < -0.3 is 34.2 Å². The quantitative estimate of drug-likeness (QED) is 0.0146. The normalized spacial score (nSPS) is 14.8. The van der Waals surface area contributed by atoms with E-state index in [2.05, 4.69) is 142 Å². The molecule has 0 aliphatic heterocycles. The molecule has 0 aromatic carbocycles. The molecule has 0 rings (SSSR count). The highest BCUT2D eigenvalue weighted by Crippen LogP contribution is 2.45. The molecule has 0 saturated carbocycles. The highest BCUT2D eigenvalue weighted by molar-refractivity contribution is 7.47. The fourth-order valence-corrected chi connectivity index (χ4v) is 11.5. The highest BCUT2D eigenvalue weighted by Gasteiger charge is 2.29. The second-order valence-electron chi connectivity index (χ2n) is 25.0. The summed E-state index contributed by atoms with van der Waals surface area (Å²) in [6.45, 7) is 2.40. The Balaban J connectivity index is 4.51. The number of carbonyl (C=O) groups is 3. The molecule has 0 saturated heterocycles. The summed E-state index contributed by atoms with van der Waals surface area (Å²) in [6, 6.07) is 0. The molecule has 4 N–H and O–H groups in total. The van der Waals surface area contributed by atoms with Crippen molar-refractivity contribution in [2.45, 2.75) is 322 Å². The maximum Gasteiger partial charge on any atom is 0.472 e. The van der Waals surface area contributed by atoms with Gasteiger partial charge in [-0.3, -0.25) is 32.5 Å². The fraction of sp³-hybridized carbons (Fsp3) is 0.709. The molecule has 18 heteroatoms. The van der Waals surface area contributed by atoms with Gasteiger partial charge in [0.2, 0.25) is 0 Å². The lowest BCUT2D eigenvalue weighted by molar-refractivity contribution is -0.161. The van der Waals surface area contributed by atoms with Crippen LogP contribution < -0.4 is 0 Å². The number of rotatable bonds is 71. The van der Waals surface area contributed by atoms with Crippen LogP contribution >= 0.6 is 15.6 Å². The van der Waals surface area contributed by atoms with Gasteiger partial charge in [-0.1, -0.05) is 277 Å².